The van der Waals surface area contributed by atoms with Crippen LogP contribution in [0, 0.1) is 13.8 Å². The molecular weight excluding hydrogens is 346 g/mol. The van der Waals surface area contributed by atoms with Gasteiger partial charge in [-0.2, -0.15) is 0 Å². The first kappa shape index (κ1) is 18.9. The summed E-state index contributed by atoms with van der Waals surface area (Å²) in [7, 11) is 0. The average Bonchev–Trinajstić information content (AvgIpc) is 2.62. The first-order valence-electron chi connectivity index (χ1n) is 8.89. The number of ether oxygens (including phenoxy) is 1. The highest BCUT2D eigenvalue weighted by atomic mass is 32.2. The molecule has 138 valence electrons. The van der Waals surface area contributed by atoms with Crippen molar-refractivity contribution >= 4 is 23.4 Å². The lowest BCUT2D eigenvalue weighted by Crippen LogP contribution is -2.37. The zero-order valence-corrected chi connectivity index (χ0v) is 16.1. The van der Waals surface area contributed by atoms with Crippen molar-refractivity contribution in [2.75, 3.05) is 43.9 Å². The highest BCUT2D eigenvalue weighted by Crippen LogP contribution is 2.18. The number of carbonyl (C=O) groups is 1. The number of hydrogen-bond acceptors (Lipinski definition) is 5. The molecule has 1 fully saturated rings. The van der Waals surface area contributed by atoms with Gasteiger partial charge in [0, 0.05) is 37.3 Å². The second kappa shape index (κ2) is 9.16. The van der Waals surface area contributed by atoms with E-state index in [0.717, 1.165) is 60.4 Å². The van der Waals surface area contributed by atoms with Crippen molar-refractivity contribution < 1.29 is 9.53 Å². The van der Waals surface area contributed by atoms with Gasteiger partial charge in [-0.3, -0.25) is 9.69 Å². The molecule has 0 atom stereocenters. The summed E-state index contributed by atoms with van der Waals surface area (Å²) in [4.78, 5) is 19.2. The van der Waals surface area contributed by atoms with Crippen LogP contribution in [0.25, 0.3) is 0 Å². The summed E-state index contributed by atoms with van der Waals surface area (Å²) in [5.41, 5.74) is 3.65. The van der Waals surface area contributed by atoms with Gasteiger partial charge in [-0.05, 0) is 49.2 Å². The molecule has 0 bridgehead atoms. The van der Waals surface area contributed by atoms with Crippen molar-refractivity contribution in [3.63, 3.8) is 0 Å². The second-order valence-corrected chi connectivity index (χ2v) is 7.63. The van der Waals surface area contributed by atoms with Gasteiger partial charge < -0.3 is 10.1 Å². The Morgan fingerprint density at radius 3 is 2.58 bits per heavy atom. The number of anilines is 1. The monoisotopic (exact) mass is 371 g/mol. The second-order valence-electron chi connectivity index (χ2n) is 6.52. The number of aryl methyl sites for hydroxylation is 2. The Hall–Kier alpha value is -1.89. The Morgan fingerprint density at radius 1 is 1.19 bits per heavy atom. The van der Waals surface area contributed by atoms with Crippen LogP contribution in [0.5, 0.6) is 0 Å². The van der Waals surface area contributed by atoms with Crippen molar-refractivity contribution in [2.24, 2.45) is 0 Å². The fourth-order valence-corrected chi connectivity index (χ4v) is 3.80. The van der Waals surface area contributed by atoms with Crippen molar-refractivity contribution in [3.8, 4) is 0 Å². The van der Waals surface area contributed by atoms with Gasteiger partial charge in [0.05, 0.1) is 23.8 Å². The molecule has 2 heterocycles. The van der Waals surface area contributed by atoms with Crippen LogP contribution in [0.4, 0.5) is 5.69 Å². The maximum Gasteiger partial charge on any atom is 0.257 e. The fourth-order valence-electron chi connectivity index (χ4n) is 2.95. The van der Waals surface area contributed by atoms with Crippen LogP contribution in [-0.2, 0) is 4.74 Å². The highest BCUT2D eigenvalue weighted by molar-refractivity contribution is 7.99. The van der Waals surface area contributed by atoms with Gasteiger partial charge in [-0.15, -0.1) is 11.8 Å². The number of thioether (sulfide) groups is 1. The molecule has 1 saturated heterocycles. The number of aromatic nitrogens is 1. The predicted octanol–water partition coefficient (Wildman–Crippen LogP) is 3.38. The quantitative estimate of drug-likeness (QED) is 0.789. The zero-order valence-electron chi connectivity index (χ0n) is 15.3. The topological polar surface area (TPSA) is 54.5 Å². The van der Waals surface area contributed by atoms with Crippen LogP contribution >= 0.6 is 11.8 Å². The molecule has 26 heavy (non-hydrogen) atoms. The SMILES string of the molecule is Cc1cc(C)cc(NC(=O)c2ccc(SCCN3CCOCC3)nc2)c1. The normalized spacial score (nSPS) is 15.0. The summed E-state index contributed by atoms with van der Waals surface area (Å²) in [5, 5.41) is 3.89. The van der Waals surface area contributed by atoms with E-state index in [1.807, 2.05) is 38.1 Å². The minimum absolute atomic E-state index is 0.132. The van der Waals surface area contributed by atoms with E-state index >= 15 is 0 Å². The van der Waals surface area contributed by atoms with E-state index in [-0.39, 0.29) is 5.91 Å². The van der Waals surface area contributed by atoms with Crippen LogP contribution in [0.2, 0.25) is 0 Å². The summed E-state index contributed by atoms with van der Waals surface area (Å²) < 4.78 is 5.36. The molecule has 1 aromatic heterocycles. The molecule has 0 saturated carbocycles. The molecule has 3 rings (SSSR count). The third-order valence-electron chi connectivity index (χ3n) is 4.24. The molecule has 0 unspecified atom stereocenters. The van der Waals surface area contributed by atoms with Crippen LogP contribution in [0.15, 0.2) is 41.6 Å². The molecule has 2 aromatic rings. The van der Waals surface area contributed by atoms with Crippen molar-refractivity contribution in [1.29, 1.82) is 0 Å². The molecule has 5 nitrogen and oxygen atoms in total. The number of pyridine rings is 1. The van der Waals surface area contributed by atoms with Gasteiger partial charge in [0.1, 0.15) is 0 Å². The molecule has 1 amide bonds. The molecule has 1 aliphatic rings. The lowest BCUT2D eigenvalue weighted by atomic mass is 10.1. The van der Waals surface area contributed by atoms with E-state index in [0.29, 0.717) is 5.56 Å². The van der Waals surface area contributed by atoms with Crippen LogP contribution in [-0.4, -0.2) is 54.4 Å². The number of benzene rings is 1. The van der Waals surface area contributed by atoms with E-state index < -0.39 is 0 Å². The fraction of sp³-hybridized carbons (Fsp3) is 0.400. The first-order valence-corrected chi connectivity index (χ1v) is 9.87. The number of nitrogens with one attached hydrogen (secondary N) is 1. The summed E-state index contributed by atoms with van der Waals surface area (Å²) in [5.74, 6) is 0.855. The number of nitrogens with zero attached hydrogens (tertiary/aromatic N) is 2. The molecule has 1 aromatic carbocycles. The van der Waals surface area contributed by atoms with Crippen LogP contribution in [0.3, 0.4) is 0 Å². The van der Waals surface area contributed by atoms with E-state index in [2.05, 4.69) is 21.3 Å². The van der Waals surface area contributed by atoms with Gasteiger partial charge in [-0.25, -0.2) is 4.98 Å². The number of rotatable bonds is 6. The summed E-state index contributed by atoms with van der Waals surface area (Å²) in [6, 6.07) is 9.77. The van der Waals surface area contributed by atoms with Crippen molar-refractivity contribution in [1.82, 2.24) is 9.88 Å². The standard InChI is InChI=1S/C20H25N3O2S/c1-15-11-16(2)13-18(12-15)22-20(24)17-3-4-19(21-14-17)26-10-7-23-5-8-25-9-6-23/h3-4,11-14H,5-10H2,1-2H3,(H,22,24). The van der Waals surface area contributed by atoms with E-state index in [1.165, 1.54) is 0 Å². The summed E-state index contributed by atoms with van der Waals surface area (Å²) in [6.45, 7) is 8.74. The lowest BCUT2D eigenvalue weighted by molar-refractivity contribution is 0.0410. The average molecular weight is 372 g/mol. The number of amides is 1. The van der Waals surface area contributed by atoms with Crippen molar-refractivity contribution in [2.45, 2.75) is 18.9 Å². The number of hydrogen-bond donors (Lipinski definition) is 1. The molecular formula is C20H25N3O2S. The largest absolute Gasteiger partial charge is 0.379 e. The highest BCUT2D eigenvalue weighted by Gasteiger charge is 2.11. The molecule has 0 spiro atoms. The van der Waals surface area contributed by atoms with Gasteiger partial charge in [0.15, 0.2) is 0 Å². The molecule has 1 aliphatic heterocycles. The summed E-state index contributed by atoms with van der Waals surface area (Å²) >= 11 is 1.72. The number of morpholine rings is 1. The van der Waals surface area contributed by atoms with Crippen LogP contribution < -0.4 is 5.32 Å². The minimum atomic E-state index is -0.132. The molecule has 6 heteroatoms. The predicted molar refractivity (Wildman–Crippen MR) is 106 cm³/mol. The Morgan fingerprint density at radius 2 is 1.92 bits per heavy atom. The Bertz CT molecular complexity index is 723. The first-order chi connectivity index (χ1) is 12.6. The Kier molecular flexibility index (Phi) is 6.66. The number of carbonyl (C=O) groups excluding carboxylic acids is 1. The van der Waals surface area contributed by atoms with Crippen molar-refractivity contribution in [3.05, 3.63) is 53.2 Å². The van der Waals surface area contributed by atoms with Crippen LogP contribution in [0.1, 0.15) is 21.5 Å². The van der Waals surface area contributed by atoms with Gasteiger partial charge in [-0.1, -0.05) is 6.07 Å². The minimum Gasteiger partial charge on any atom is -0.379 e. The molecule has 0 radical (unpaired) electrons. The molecule has 1 N–H and O–H groups in total. The third-order valence-corrected chi connectivity index (χ3v) is 5.16. The smallest absolute Gasteiger partial charge is 0.257 e. The lowest BCUT2D eigenvalue weighted by Gasteiger charge is -2.26. The maximum atomic E-state index is 12.4. The summed E-state index contributed by atoms with van der Waals surface area (Å²) in [6.07, 6.45) is 1.65. The Labute approximate surface area is 159 Å². The zero-order chi connectivity index (χ0) is 18.4. The van der Waals surface area contributed by atoms with E-state index in [1.54, 1.807) is 18.0 Å². The van der Waals surface area contributed by atoms with Gasteiger partial charge in [0.2, 0.25) is 0 Å². The van der Waals surface area contributed by atoms with Gasteiger partial charge in [0.25, 0.3) is 5.91 Å². The third kappa shape index (κ3) is 5.56. The Balaban J connectivity index is 1.50. The van der Waals surface area contributed by atoms with E-state index in [4.69, 9.17) is 4.74 Å². The van der Waals surface area contributed by atoms with E-state index in [9.17, 15) is 4.79 Å². The maximum absolute atomic E-state index is 12.4. The molecule has 0 aliphatic carbocycles. The van der Waals surface area contributed by atoms with Gasteiger partial charge >= 0.3 is 0 Å².